The van der Waals surface area contributed by atoms with Gasteiger partial charge in [-0.05, 0) is 90.9 Å². The predicted molar refractivity (Wildman–Crippen MR) is 110 cm³/mol. The minimum absolute atomic E-state index is 0.170. The van der Waals surface area contributed by atoms with Gasteiger partial charge in [0, 0.05) is 15.3 Å². The molecular formula is C20H22INO3. The number of hydrogen-bond donors (Lipinski definition) is 1. The standard InChI is InChI=1S/C20H22INO3/c1-4-24-18-10-6-15(13-19(18)25-5-2)7-11-20(23)22-17-9-8-16(21)12-14(17)3/h6-13H,4-5H2,1-3H3,(H,22,23)/b11-7+. The molecule has 5 heteroatoms. The van der Waals surface area contributed by atoms with Crippen LogP contribution >= 0.6 is 22.6 Å². The van der Waals surface area contributed by atoms with Crippen molar-refractivity contribution in [2.45, 2.75) is 20.8 Å². The summed E-state index contributed by atoms with van der Waals surface area (Å²) >= 11 is 2.25. The summed E-state index contributed by atoms with van der Waals surface area (Å²) in [5.74, 6) is 1.22. The molecule has 1 N–H and O–H groups in total. The molecule has 0 aliphatic rings. The van der Waals surface area contributed by atoms with Crippen LogP contribution in [-0.4, -0.2) is 19.1 Å². The van der Waals surface area contributed by atoms with Crippen molar-refractivity contribution in [2.75, 3.05) is 18.5 Å². The minimum Gasteiger partial charge on any atom is -0.490 e. The average molecular weight is 451 g/mol. The molecule has 4 nitrogen and oxygen atoms in total. The Morgan fingerprint density at radius 3 is 2.48 bits per heavy atom. The van der Waals surface area contributed by atoms with Crippen molar-refractivity contribution in [2.24, 2.45) is 0 Å². The molecule has 2 aromatic rings. The van der Waals surface area contributed by atoms with Crippen LogP contribution < -0.4 is 14.8 Å². The third-order valence-corrected chi connectivity index (χ3v) is 4.11. The molecule has 0 saturated heterocycles. The Labute approximate surface area is 162 Å². The summed E-state index contributed by atoms with van der Waals surface area (Å²) in [5, 5.41) is 2.89. The van der Waals surface area contributed by atoms with Crippen LogP contribution in [0.3, 0.4) is 0 Å². The van der Waals surface area contributed by atoms with E-state index in [-0.39, 0.29) is 5.91 Å². The second kappa shape index (κ2) is 9.46. The number of rotatable bonds is 7. The van der Waals surface area contributed by atoms with E-state index in [0.29, 0.717) is 24.7 Å². The largest absolute Gasteiger partial charge is 0.490 e. The van der Waals surface area contributed by atoms with Crippen molar-refractivity contribution in [3.63, 3.8) is 0 Å². The topological polar surface area (TPSA) is 47.6 Å². The van der Waals surface area contributed by atoms with Crippen LogP contribution in [0.2, 0.25) is 0 Å². The van der Waals surface area contributed by atoms with Gasteiger partial charge in [0.05, 0.1) is 13.2 Å². The van der Waals surface area contributed by atoms with Crippen LogP contribution in [0, 0.1) is 10.5 Å². The number of aryl methyl sites for hydroxylation is 1. The summed E-state index contributed by atoms with van der Waals surface area (Å²) in [7, 11) is 0. The van der Waals surface area contributed by atoms with Gasteiger partial charge in [-0.2, -0.15) is 0 Å². The molecule has 0 heterocycles. The third kappa shape index (κ3) is 5.77. The molecule has 0 atom stereocenters. The van der Waals surface area contributed by atoms with Gasteiger partial charge in [0.1, 0.15) is 0 Å². The molecule has 1 amide bonds. The maximum Gasteiger partial charge on any atom is 0.248 e. The molecule has 0 bridgehead atoms. The Morgan fingerprint density at radius 1 is 1.08 bits per heavy atom. The fourth-order valence-electron chi connectivity index (χ4n) is 2.29. The Morgan fingerprint density at radius 2 is 1.80 bits per heavy atom. The van der Waals surface area contributed by atoms with E-state index >= 15 is 0 Å². The summed E-state index contributed by atoms with van der Waals surface area (Å²) in [6.45, 7) is 6.96. The molecule has 2 rings (SSSR count). The molecule has 0 aliphatic heterocycles. The van der Waals surface area contributed by atoms with Gasteiger partial charge in [-0.3, -0.25) is 4.79 Å². The van der Waals surface area contributed by atoms with Crippen LogP contribution in [0.15, 0.2) is 42.5 Å². The highest BCUT2D eigenvalue weighted by molar-refractivity contribution is 14.1. The highest BCUT2D eigenvalue weighted by Gasteiger charge is 2.06. The lowest BCUT2D eigenvalue weighted by atomic mass is 10.1. The number of carbonyl (C=O) groups is 1. The average Bonchev–Trinajstić information content (AvgIpc) is 2.58. The lowest BCUT2D eigenvalue weighted by molar-refractivity contribution is -0.111. The summed E-state index contributed by atoms with van der Waals surface area (Å²) in [6, 6.07) is 11.5. The number of nitrogens with one attached hydrogen (secondary N) is 1. The highest BCUT2D eigenvalue weighted by atomic mass is 127. The number of benzene rings is 2. The molecule has 0 saturated carbocycles. The molecule has 2 aromatic carbocycles. The number of carbonyl (C=O) groups excluding carboxylic acids is 1. The number of amides is 1. The summed E-state index contributed by atoms with van der Waals surface area (Å²) in [6.07, 6.45) is 3.28. The van der Waals surface area contributed by atoms with Gasteiger partial charge in [-0.1, -0.05) is 6.07 Å². The molecule has 132 valence electrons. The lowest BCUT2D eigenvalue weighted by Crippen LogP contribution is -2.09. The molecule has 0 unspecified atom stereocenters. The fraction of sp³-hybridized carbons (Fsp3) is 0.250. The van der Waals surface area contributed by atoms with E-state index < -0.39 is 0 Å². The van der Waals surface area contributed by atoms with E-state index in [2.05, 4.69) is 27.9 Å². The molecule has 0 spiro atoms. The van der Waals surface area contributed by atoms with Crippen LogP contribution in [-0.2, 0) is 4.79 Å². The first-order chi connectivity index (χ1) is 12.0. The molecule has 0 aliphatic carbocycles. The monoisotopic (exact) mass is 451 g/mol. The summed E-state index contributed by atoms with van der Waals surface area (Å²) < 4.78 is 12.3. The zero-order valence-electron chi connectivity index (χ0n) is 14.6. The first-order valence-electron chi connectivity index (χ1n) is 8.18. The van der Waals surface area contributed by atoms with Crippen LogP contribution in [0.25, 0.3) is 6.08 Å². The summed E-state index contributed by atoms with van der Waals surface area (Å²) in [4.78, 5) is 12.1. The number of ether oxygens (including phenoxy) is 2. The first kappa shape index (κ1) is 19.3. The van der Waals surface area contributed by atoms with Crippen LogP contribution in [0.4, 0.5) is 5.69 Å². The first-order valence-corrected chi connectivity index (χ1v) is 9.26. The quantitative estimate of drug-likeness (QED) is 0.474. The van der Waals surface area contributed by atoms with Crippen molar-refractivity contribution in [1.82, 2.24) is 0 Å². The van der Waals surface area contributed by atoms with E-state index in [1.165, 1.54) is 6.08 Å². The van der Waals surface area contributed by atoms with E-state index in [1.807, 2.05) is 57.2 Å². The SMILES string of the molecule is CCOc1ccc(/C=C/C(=O)Nc2ccc(I)cc2C)cc1OCC. The molecule has 25 heavy (non-hydrogen) atoms. The molecular weight excluding hydrogens is 429 g/mol. The molecule has 0 fully saturated rings. The normalized spacial score (nSPS) is 10.7. The van der Waals surface area contributed by atoms with Gasteiger partial charge in [-0.15, -0.1) is 0 Å². The Kier molecular flexibility index (Phi) is 7.31. The number of anilines is 1. The second-order valence-electron chi connectivity index (χ2n) is 5.35. The van der Waals surface area contributed by atoms with Crippen molar-refractivity contribution >= 4 is 40.3 Å². The van der Waals surface area contributed by atoms with E-state index in [0.717, 1.165) is 20.4 Å². The Balaban J connectivity index is 2.09. The van der Waals surface area contributed by atoms with Gasteiger partial charge in [-0.25, -0.2) is 0 Å². The van der Waals surface area contributed by atoms with Gasteiger partial charge in [0.25, 0.3) is 0 Å². The van der Waals surface area contributed by atoms with Gasteiger partial charge in [0.2, 0.25) is 5.91 Å². The fourth-order valence-corrected chi connectivity index (χ4v) is 2.93. The van der Waals surface area contributed by atoms with Gasteiger partial charge in [0.15, 0.2) is 11.5 Å². The Hall–Kier alpha value is -2.02. The van der Waals surface area contributed by atoms with Crippen molar-refractivity contribution in [1.29, 1.82) is 0 Å². The molecule has 0 radical (unpaired) electrons. The second-order valence-corrected chi connectivity index (χ2v) is 6.60. The minimum atomic E-state index is -0.170. The summed E-state index contributed by atoms with van der Waals surface area (Å²) in [5.41, 5.74) is 2.73. The lowest BCUT2D eigenvalue weighted by Gasteiger charge is -2.11. The smallest absolute Gasteiger partial charge is 0.248 e. The van der Waals surface area contributed by atoms with Crippen molar-refractivity contribution in [3.05, 3.63) is 57.2 Å². The van der Waals surface area contributed by atoms with Gasteiger partial charge < -0.3 is 14.8 Å². The van der Waals surface area contributed by atoms with Crippen LogP contribution in [0.1, 0.15) is 25.0 Å². The maximum absolute atomic E-state index is 12.1. The Bertz CT molecular complexity index is 772. The zero-order chi connectivity index (χ0) is 18.2. The third-order valence-electron chi connectivity index (χ3n) is 3.44. The number of hydrogen-bond acceptors (Lipinski definition) is 3. The maximum atomic E-state index is 12.1. The van der Waals surface area contributed by atoms with Crippen LogP contribution in [0.5, 0.6) is 11.5 Å². The molecule has 0 aromatic heterocycles. The highest BCUT2D eigenvalue weighted by Crippen LogP contribution is 2.29. The van der Waals surface area contributed by atoms with E-state index in [4.69, 9.17) is 9.47 Å². The zero-order valence-corrected chi connectivity index (χ0v) is 16.8. The number of halogens is 1. The van der Waals surface area contributed by atoms with Gasteiger partial charge >= 0.3 is 0 Å². The van der Waals surface area contributed by atoms with E-state index in [1.54, 1.807) is 6.08 Å². The van der Waals surface area contributed by atoms with E-state index in [9.17, 15) is 4.79 Å². The predicted octanol–water partition coefficient (Wildman–Crippen LogP) is 5.05. The van der Waals surface area contributed by atoms with Crippen molar-refractivity contribution in [3.8, 4) is 11.5 Å². The van der Waals surface area contributed by atoms with Crippen molar-refractivity contribution < 1.29 is 14.3 Å².